The summed E-state index contributed by atoms with van der Waals surface area (Å²) < 4.78 is 22.4. The normalized spacial score (nSPS) is 24.2. The molecule has 0 spiro atoms. The molecule has 0 aliphatic carbocycles. The fraction of sp³-hybridized carbons (Fsp3) is 0.900. The van der Waals surface area contributed by atoms with Crippen molar-refractivity contribution in [3.8, 4) is 0 Å². The van der Waals surface area contributed by atoms with Gasteiger partial charge in [0.15, 0.2) is 0 Å². The highest BCUT2D eigenvalue weighted by Gasteiger charge is 2.36. The van der Waals surface area contributed by atoms with Crippen LogP contribution in [0.1, 0.15) is 20.8 Å². The molecule has 5 nitrogen and oxygen atoms in total. The highest BCUT2D eigenvalue weighted by atomic mass is 32.2. The van der Waals surface area contributed by atoms with E-state index in [9.17, 15) is 13.2 Å². The molecule has 6 heteroatoms. The van der Waals surface area contributed by atoms with Crippen molar-refractivity contribution in [3.63, 3.8) is 0 Å². The molecule has 0 radical (unpaired) electrons. The van der Waals surface area contributed by atoms with Gasteiger partial charge in [0.1, 0.15) is 9.84 Å². The van der Waals surface area contributed by atoms with Gasteiger partial charge in [-0.25, -0.2) is 8.42 Å². The first-order chi connectivity index (χ1) is 7.22. The van der Waals surface area contributed by atoms with Crippen molar-refractivity contribution in [1.82, 2.24) is 10.2 Å². The summed E-state index contributed by atoms with van der Waals surface area (Å²) in [6, 6.07) is -0.273. The van der Waals surface area contributed by atoms with Crippen molar-refractivity contribution in [2.24, 2.45) is 5.92 Å². The summed E-state index contributed by atoms with van der Waals surface area (Å²) in [5, 5.41) is 3.10. The predicted molar refractivity (Wildman–Crippen MR) is 62.6 cm³/mol. The van der Waals surface area contributed by atoms with Crippen molar-refractivity contribution >= 4 is 15.7 Å². The minimum Gasteiger partial charge on any atom is -0.322 e. The molecule has 0 bridgehead atoms. The lowest BCUT2D eigenvalue weighted by molar-refractivity contribution is -0.130. The van der Waals surface area contributed by atoms with E-state index in [0.717, 1.165) is 0 Å². The Hall–Kier alpha value is -0.620. The van der Waals surface area contributed by atoms with Crippen LogP contribution in [0.2, 0.25) is 0 Å². The number of rotatable bonds is 4. The number of hydrogen-bond donors (Lipinski definition) is 1. The van der Waals surface area contributed by atoms with Crippen LogP contribution in [0.5, 0.6) is 0 Å². The van der Waals surface area contributed by atoms with Gasteiger partial charge in [-0.15, -0.1) is 0 Å². The van der Waals surface area contributed by atoms with Gasteiger partial charge in [-0.2, -0.15) is 0 Å². The molecular formula is C10H20N2O3S. The second-order valence-corrected chi connectivity index (χ2v) is 7.00. The number of nitrogens with one attached hydrogen (secondary N) is 1. The van der Waals surface area contributed by atoms with Crippen LogP contribution in [0.25, 0.3) is 0 Å². The molecule has 0 aromatic rings. The van der Waals surface area contributed by atoms with E-state index in [1.807, 2.05) is 13.8 Å². The predicted octanol–water partition coefficient (Wildman–Crippen LogP) is -0.167. The van der Waals surface area contributed by atoms with Crippen LogP contribution in [0, 0.1) is 5.92 Å². The third kappa shape index (κ3) is 3.18. The van der Waals surface area contributed by atoms with Gasteiger partial charge in [-0.3, -0.25) is 10.1 Å². The van der Waals surface area contributed by atoms with Gasteiger partial charge in [-0.05, 0) is 12.8 Å². The number of carbonyl (C=O) groups excluding carboxylic acids is 1. The molecule has 2 unspecified atom stereocenters. The van der Waals surface area contributed by atoms with Crippen LogP contribution in [0.3, 0.4) is 0 Å². The van der Waals surface area contributed by atoms with Gasteiger partial charge in [0.05, 0.1) is 18.5 Å². The summed E-state index contributed by atoms with van der Waals surface area (Å²) >= 11 is 0. The van der Waals surface area contributed by atoms with Crippen molar-refractivity contribution in [3.05, 3.63) is 0 Å². The van der Waals surface area contributed by atoms with Crippen LogP contribution in [0.4, 0.5) is 0 Å². The van der Waals surface area contributed by atoms with E-state index in [4.69, 9.17) is 0 Å². The molecule has 1 N–H and O–H groups in total. The molecule has 1 aliphatic heterocycles. The Morgan fingerprint density at radius 1 is 1.44 bits per heavy atom. The van der Waals surface area contributed by atoms with E-state index >= 15 is 0 Å². The largest absolute Gasteiger partial charge is 0.322 e. The average molecular weight is 248 g/mol. The number of hydrogen-bond acceptors (Lipinski definition) is 4. The molecule has 0 saturated carbocycles. The summed E-state index contributed by atoms with van der Waals surface area (Å²) in [7, 11) is -3.06. The first-order valence-corrected chi connectivity index (χ1v) is 7.50. The van der Waals surface area contributed by atoms with Crippen LogP contribution in [-0.2, 0) is 14.6 Å². The fourth-order valence-corrected chi connectivity index (χ4v) is 3.17. The number of amides is 1. The topological polar surface area (TPSA) is 66.5 Å². The molecular weight excluding hydrogens is 228 g/mol. The average Bonchev–Trinajstić information content (AvgIpc) is 2.43. The van der Waals surface area contributed by atoms with Crippen molar-refractivity contribution in [1.29, 1.82) is 0 Å². The smallest absolute Gasteiger partial charge is 0.238 e. The molecule has 1 fully saturated rings. The summed E-state index contributed by atoms with van der Waals surface area (Å²) in [4.78, 5) is 13.3. The molecule has 0 aromatic carbocycles. The van der Waals surface area contributed by atoms with Gasteiger partial charge < -0.3 is 4.90 Å². The Labute approximate surface area is 97.1 Å². The highest BCUT2D eigenvalue weighted by Crippen LogP contribution is 2.17. The number of carbonyl (C=O) groups is 1. The Bertz CT molecular complexity index is 364. The third-order valence-corrected chi connectivity index (χ3v) is 3.79. The molecule has 1 amide bonds. The molecule has 1 heterocycles. The van der Waals surface area contributed by atoms with Gasteiger partial charge >= 0.3 is 0 Å². The minimum absolute atomic E-state index is 0.0175. The van der Waals surface area contributed by atoms with E-state index in [1.54, 1.807) is 11.8 Å². The fourth-order valence-electron chi connectivity index (χ4n) is 2.13. The van der Waals surface area contributed by atoms with Crippen LogP contribution in [-0.4, -0.2) is 50.0 Å². The van der Waals surface area contributed by atoms with Crippen molar-refractivity contribution in [2.45, 2.75) is 33.0 Å². The Morgan fingerprint density at radius 2 is 2.00 bits per heavy atom. The Balaban J connectivity index is 2.79. The molecule has 1 saturated heterocycles. The van der Waals surface area contributed by atoms with Crippen LogP contribution in [0.15, 0.2) is 0 Å². The zero-order valence-electron chi connectivity index (χ0n) is 10.2. The third-order valence-electron chi connectivity index (χ3n) is 2.70. The molecule has 16 heavy (non-hydrogen) atoms. The quantitative estimate of drug-likeness (QED) is 0.750. The van der Waals surface area contributed by atoms with Gasteiger partial charge in [0.2, 0.25) is 5.91 Å². The van der Waals surface area contributed by atoms with Gasteiger partial charge in [0, 0.05) is 12.3 Å². The van der Waals surface area contributed by atoms with Gasteiger partial charge in [-0.1, -0.05) is 13.8 Å². The molecule has 1 rings (SSSR count). The lowest BCUT2D eigenvalue weighted by Crippen LogP contribution is -2.48. The van der Waals surface area contributed by atoms with Crippen molar-refractivity contribution < 1.29 is 13.2 Å². The minimum atomic E-state index is -3.06. The Morgan fingerprint density at radius 3 is 2.44 bits per heavy atom. The van der Waals surface area contributed by atoms with E-state index in [0.29, 0.717) is 6.54 Å². The lowest BCUT2D eigenvalue weighted by Gasteiger charge is -2.32. The maximum atomic E-state index is 11.7. The number of nitrogens with zero attached hydrogens (tertiary/aromatic N) is 1. The molecule has 2 atom stereocenters. The summed E-state index contributed by atoms with van der Waals surface area (Å²) in [6.07, 6.45) is 1.14. The van der Waals surface area contributed by atoms with E-state index in [1.165, 1.54) is 6.26 Å². The first-order valence-electron chi connectivity index (χ1n) is 5.44. The van der Waals surface area contributed by atoms with Crippen LogP contribution >= 0.6 is 0 Å². The molecule has 94 valence electrons. The number of sulfone groups is 1. The summed E-state index contributed by atoms with van der Waals surface area (Å²) in [5.41, 5.74) is 0. The molecule has 0 aromatic heterocycles. The Kier molecular flexibility index (Phi) is 3.96. The standard InChI is InChI=1S/C10H20N2O3S/c1-7(2)10-11-5-9(13)12(10)8(3)6-16(4,14)15/h7-8,10-11H,5-6H2,1-4H3. The zero-order valence-corrected chi connectivity index (χ0v) is 11.0. The maximum Gasteiger partial charge on any atom is 0.238 e. The van der Waals surface area contributed by atoms with Gasteiger partial charge in [0.25, 0.3) is 0 Å². The highest BCUT2D eigenvalue weighted by molar-refractivity contribution is 7.90. The maximum absolute atomic E-state index is 11.7. The van der Waals surface area contributed by atoms with Crippen LogP contribution < -0.4 is 5.32 Å². The van der Waals surface area contributed by atoms with E-state index in [2.05, 4.69) is 5.32 Å². The lowest BCUT2D eigenvalue weighted by atomic mass is 10.1. The monoisotopic (exact) mass is 248 g/mol. The first kappa shape index (κ1) is 13.4. The van der Waals surface area contributed by atoms with E-state index < -0.39 is 9.84 Å². The SMILES string of the molecule is CC(C)C1NCC(=O)N1C(C)CS(C)(=O)=O. The summed E-state index contributed by atoms with van der Waals surface area (Å²) in [5.74, 6) is 0.271. The van der Waals surface area contributed by atoms with Crippen molar-refractivity contribution in [2.75, 3.05) is 18.6 Å². The molecule has 1 aliphatic rings. The zero-order chi connectivity index (χ0) is 12.5. The summed E-state index contributed by atoms with van der Waals surface area (Å²) in [6.45, 7) is 6.10. The second-order valence-electron chi connectivity index (χ2n) is 4.81. The second kappa shape index (κ2) is 4.71. The van der Waals surface area contributed by atoms with E-state index in [-0.39, 0.29) is 29.8 Å².